The number of aromatic nitrogens is 3. The number of Topliss-reactive ketones (excluding diaryl/α,β-unsaturated/α-hetero) is 1. The van der Waals surface area contributed by atoms with E-state index in [4.69, 9.17) is 23.2 Å². The Labute approximate surface area is 98.6 Å². The van der Waals surface area contributed by atoms with E-state index in [1.165, 1.54) is 17.3 Å². The largest absolute Gasteiger partial charge is 0.297 e. The first-order chi connectivity index (χ1) is 7.18. The summed E-state index contributed by atoms with van der Waals surface area (Å²) in [5.41, 5.74) is -0.644. The molecule has 4 nitrogen and oxygen atoms in total. The fraction of sp³-hybridized carbons (Fsp3) is 0.667. The maximum absolute atomic E-state index is 12.0. The topological polar surface area (TPSA) is 47.8 Å². The lowest BCUT2D eigenvalue weighted by atomic mass is 9.84. The predicted molar refractivity (Wildman–Crippen MR) is 59.2 cm³/mol. The smallest absolute Gasteiger partial charge is 0.162 e. The average molecular weight is 250 g/mol. The first-order valence-corrected chi connectivity index (χ1v) is 5.73. The van der Waals surface area contributed by atoms with Crippen LogP contribution < -0.4 is 0 Å². The minimum absolute atomic E-state index is 0.000463. The Morgan fingerprint density at radius 3 is 2.53 bits per heavy atom. The molecule has 0 aliphatic heterocycles. The van der Waals surface area contributed by atoms with Crippen LogP contribution in [0.1, 0.15) is 13.3 Å². The van der Waals surface area contributed by atoms with Gasteiger partial charge in [0.05, 0.1) is 5.41 Å². The second kappa shape index (κ2) is 5.47. The summed E-state index contributed by atoms with van der Waals surface area (Å²) in [6.07, 6.45) is 3.52. The van der Waals surface area contributed by atoms with Gasteiger partial charge in [0, 0.05) is 11.8 Å². The fourth-order valence-corrected chi connectivity index (χ4v) is 2.16. The number of alkyl halides is 2. The van der Waals surface area contributed by atoms with Crippen LogP contribution in [-0.4, -0.2) is 32.3 Å². The van der Waals surface area contributed by atoms with Crippen LogP contribution in [0.5, 0.6) is 0 Å². The molecule has 0 saturated carbocycles. The zero-order chi connectivity index (χ0) is 11.3. The van der Waals surface area contributed by atoms with Crippen LogP contribution in [0.3, 0.4) is 0 Å². The van der Waals surface area contributed by atoms with Gasteiger partial charge in [-0.05, 0) is 6.42 Å². The third kappa shape index (κ3) is 2.69. The molecule has 0 radical (unpaired) electrons. The number of carbonyl (C=O) groups excluding carboxylic acids is 1. The molecule has 1 aromatic heterocycles. The van der Waals surface area contributed by atoms with Gasteiger partial charge in [-0.1, -0.05) is 6.92 Å². The average Bonchev–Trinajstić information content (AvgIpc) is 2.74. The molecule has 0 bridgehead atoms. The first kappa shape index (κ1) is 12.5. The van der Waals surface area contributed by atoms with Crippen LogP contribution in [0, 0.1) is 5.41 Å². The summed E-state index contributed by atoms with van der Waals surface area (Å²) in [7, 11) is 0. The summed E-state index contributed by atoms with van der Waals surface area (Å²) >= 11 is 11.6. The summed E-state index contributed by atoms with van der Waals surface area (Å²) in [4.78, 5) is 15.7. The number of carbonyl (C=O) groups is 1. The summed E-state index contributed by atoms with van der Waals surface area (Å²) in [5, 5.41) is 3.87. The van der Waals surface area contributed by atoms with Gasteiger partial charge in [0.1, 0.15) is 19.2 Å². The molecule has 1 rings (SSSR count). The van der Waals surface area contributed by atoms with Gasteiger partial charge in [-0.25, -0.2) is 9.67 Å². The number of hydrogen-bond donors (Lipinski definition) is 0. The normalized spacial score (nSPS) is 11.7. The monoisotopic (exact) mass is 249 g/mol. The summed E-state index contributed by atoms with van der Waals surface area (Å²) in [6, 6.07) is 0. The van der Waals surface area contributed by atoms with Gasteiger partial charge in [-0.3, -0.25) is 4.79 Å². The van der Waals surface area contributed by atoms with Crippen molar-refractivity contribution in [1.29, 1.82) is 0 Å². The zero-order valence-electron chi connectivity index (χ0n) is 8.49. The highest BCUT2D eigenvalue weighted by atomic mass is 35.5. The number of nitrogens with zero attached hydrogens (tertiary/aromatic N) is 3. The van der Waals surface area contributed by atoms with E-state index in [0.717, 1.165) is 0 Å². The van der Waals surface area contributed by atoms with E-state index in [2.05, 4.69) is 10.1 Å². The highest BCUT2D eigenvalue weighted by Crippen LogP contribution is 2.27. The van der Waals surface area contributed by atoms with Crippen molar-refractivity contribution in [3.63, 3.8) is 0 Å². The molecule has 15 heavy (non-hydrogen) atoms. The lowest BCUT2D eigenvalue weighted by Gasteiger charge is -2.25. The van der Waals surface area contributed by atoms with Crippen molar-refractivity contribution >= 4 is 29.0 Å². The van der Waals surface area contributed by atoms with Crippen molar-refractivity contribution in [3.05, 3.63) is 12.7 Å². The Kier molecular flexibility index (Phi) is 4.54. The maximum atomic E-state index is 12.0. The Hall–Kier alpha value is -0.610. The third-order valence-electron chi connectivity index (χ3n) is 2.55. The van der Waals surface area contributed by atoms with Gasteiger partial charge in [-0.15, -0.1) is 23.2 Å². The van der Waals surface area contributed by atoms with Crippen molar-refractivity contribution in [2.75, 3.05) is 11.8 Å². The van der Waals surface area contributed by atoms with E-state index < -0.39 is 5.41 Å². The minimum atomic E-state index is -0.644. The van der Waals surface area contributed by atoms with E-state index >= 15 is 0 Å². The second-order valence-electron chi connectivity index (χ2n) is 3.42. The van der Waals surface area contributed by atoms with E-state index in [9.17, 15) is 4.79 Å². The third-order valence-corrected chi connectivity index (χ3v) is 3.58. The molecule has 0 amide bonds. The molecule has 0 spiro atoms. The number of rotatable bonds is 6. The molecular formula is C9H13Cl2N3O. The Morgan fingerprint density at radius 2 is 2.13 bits per heavy atom. The molecule has 0 atom stereocenters. The van der Waals surface area contributed by atoms with Crippen LogP contribution in [0.2, 0.25) is 0 Å². The minimum Gasteiger partial charge on any atom is -0.297 e. The molecule has 1 heterocycles. The summed E-state index contributed by atoms with van der Waals surface area (Å²) in [5.74, 6) is 0.474. The standard InChI is InChI=1S/C9H13Cl2N3O/c1-2-9(4-10,5-11)8(15)3-14-7-12-6-13-14/h6-7H,2-5H2,1H3. The highest BCUT2D eigenvalue weighted by molar-refractivity contribution is 6.24. The van der Waals surface area contributed by atoms with Crippen LogP contribution in [0.25, 0.3) is 0 Å². The van der Waals surface area contributed by atoms with Crippen LogP contribution in [0.15, 0.2) is 12.7 Å². The van der Waals surface area contributed by atoms with Gasteiger partial charge in [-0.2, -0.15) is 5.10 Å². The molecule has 0 unspecified atom stereocenters. The molecular weight excluding hydrogens is 237 g/mol. The SMILES string of the molecule is CCC(CCl)(CCl)C(=O)Cn1cncn1. The van der Waals surface area contributed by atoms with Crippen LogP contribution in [-0.2, 0) is 11.3 Å². The van der Waals surface area contributed by atoms with Gasteiger partial charge in [0.15, 0.2) is 5.78 Å². The van der Waals surface area contributed by atoms with Gasteiger partial charge in [0.2, 0.25) is 0 Å². The van der Waals surface area contributed by atoms with Crippen LogP contribution in [0.4, 0.5) is 0 Å². The van der Waals surface area contributed by atoms with E-state index in [-0.39, 0.29) is 24.1 Å². The van der Waals surface area contributed by atoms with Crippen molar-refractivity contribution in [3.8, 4) is 0 Å². The Balaban J connectivity index is 2.73. The number of halogens is 2. The lowest BCUT2D eigenvalue weighted by molar-refractivity contribution is -0.127. The van der Waals surface area contributed by atoms with E-state index in [1.54, 1.807) is 0 Å². The molecule has 0 aliphatic carbocycles. The van der Waals surface area contributed by atoms with E-state index in [1.807, 2.05) is 6.92 Å². The van der Waals surface area contributed by atoms with E-state index in [0.29, 0.717) is 6.42 Å². The second-order valence-corrected chi connectivity index (χ2v) is 3.95. The van der Waals surface area contributed by atoms with Gasteiger partial charge in [0.25, 0.3) is 0 Å². The molecule has 0 N–H and O–H groups in total. The quantitative estimate of drug-likeness (QED) is 0.722. The first-order valence-electron chi connectivity index (χ1n) is 4.66. The van der Waals surface area contributed by atoms with Crippen molar-refractivity contribution in [1.82, 2.24) is 14.8 Å². The number of hydrogen-bond acceptors (Lipinski definition) is 3. The highest BCUT2D eigenvalue weighted by Gasteiger charge is 2.34. The summed E-state index contributed by atoms with van der Waals surface area (Å²) in [6.45, 7) is 2.08. The molecule has 0 fully saturated rings. The van der Waals surface area contributed by atoms with Crippen LogP contribution >= 0.6 is 23.2 Å². The Bertz CT molecular complexity index is 301. The maximum Gasteiger partial charge on any atom is 0.162 e. The molecule has 6 heteroatoms. The zero-order valence-corrected chi connectivity index (χ0v) is 10.0. The Morgan fingerprint density at radius 1 is 1.47 bits per heavy atom. The predicted octanol–water partition coefficient (Wildman–Crippen LogP) is 1.72. The molecule has 1 aromatic rings. The van der Waals surface area contributed by atoms with Gasteiger partial charge < -0.3 is 0 Å². The lowest BCUT2D eigenvalue weighted by Crippen LogP contribution is -2.37. The van der Waals surface area contributed by atoms with Gasteiger partial charge >= 0.3 is 0 Å². The number of ketones is 1. The summed E-state index contributed by atoms with van der Waals surface area (Å²) < 4.78 is 1.48. The molecule has 0 aromatic carbocycles. The molecule has 84 valence electrons. The molecule has 0 saturated heterocycles. The fourth-order valence-electron chi connectivity index (χ4n) is 1.20. The van der Waals surface area contributed by atoms with Crippen molar-refractivity contribution in [2.24, 2.45) is 5.41 Å². The van der Waals surface area contributed by atoms with Crippen molar-refractivity contribution < 1.29 is 4.79 Å². The van der Waals surface area contributed by atoms with Crippen molar-refractivity contribution in [2.45, 2.75) is 19.9 Å². The molecule has 0 aliphatic rings.